The number of hydrogen-bond acceptors (Lipinski definition) is 4. The summed E-state index contributed by atoms with van der Waals surface area (Å²) in [6.45, 7) is 46.5. The van der Waals surface area contributed by atoms with Crippen molar-refractivity contribution in [1.82, 2.24) is 19.1 Å². The van der Waals surface area contributed by atoms with E-state index in [-0.39, 0.29) is 21.7 Å². The summed E-state index contributed by atoms with van der Waals surface area (Å²) in [5.41, 5.74) is 24.0. The van der Waals surface area contributed by atoms with Gasteiger partial charge in [-0.2, -0.15) is 0 Å². The maximum Gasteiger partial charge on any atom is 0.145 e. The number of nitrogens with zero attached hydrogens (tertiary/aromatic N) is 4. The minimum atomic E-state index is -0.402. The van der Waals surface area contributed by atoms with Crippen molar-refractivity contribution in [2.75, 3.05) is 13.2 Å². The summed E-state index contributed by atoms with van der Waals surface area (Å²) in [5.74, 6) is 5.61. The highest BCUT2D eigenvalue weighted by Gasteiger charge is 2.47. The van der Waals surface area contributed by atoms with Crippen LogP contribution in [0.1, 0.15) is 362 Å². The van der Waals surface area contributed by atoms with Gasteiger partial charge in [0, 0.05) is 50.9 Å². The van der Waals surface area contributed by atoms with Gasteiger partial charge >= 0.3 is 0 Å². The molecule has 4 unspecified atom stereocenters. The minimum Gasteiger partial charge on any atom is -0.493 e. The first-order valence-corrected chi connectivity index (χ1v) is 58.1. The molecule has 0 saturated carbocycles. The summed E-state index contributed by atoms with van der Waals surface area (Å²) in [5, 5.41) is 14.6. The molecule has 0 saturated heterocycles. The fourth-order valence-corrected chi connectivity index (χ4v) is 25.4. The summed E-state index contributed by atoms with van der Waals surface area (Å²) < 4.78 is 20.1. The number of ether oxygens (including phenoxy) is 2. The Bertz CT molecular complexity index is 7380. The van der Waals surface area contributed by atoms with Gasteiger partial charge in [-0.15, -0.1) is 0 Å². The second-order valence-corrected chi connectivity index (χ2v) is 46.6. The Labute approximate surface area is 882 Å². The van der Waals surface area contributed by atoms with Crippen molar-refractivity contribution in [3.05, 3.63) is 311 Å². The van der Waals surface area contributed by atoms with Gasteiger partial charge in [-0.05, 0) is 236 Å². The van der Waals surface area contributed by atoms with E-state index in [9.17, 15) is 0 Å². The van der Waals surface area contributed by atoms with Gasteiger partial charge < -0.3 is 18.6 Å². The van der Waals surface area contributed by atoms with E-state index in [1.54, 1.807) is 0 Å². The molecule has 2 heterocycles. The van der Waals surface area contributed by atoms with E-state index in [0.717, 1.165) is 135 Å². The van der Waals surface area contributed by atoms with Crippen LogP contribution < -0.4 is 9.47 Å². The van der Waals surface area contributed by atoms with E-state index in [1.165, 1.54) is 269 Å². The van der Waals surface area contributed by atoms with Crippen molar-refractivity contribution in [3.63, 3.8) is 0 Å². The molecule has 1 aliphatic carbocycles. The van der Waals surface area contributed by atoms with Crippen molar-refractivity contribution in [1.29, 1.82) is 0 Å². The summed E-state index contributed by atoms with van der Waals surface area (Å²) in [4.78, 5) is 12.6. The van der Waals surface area contributed by atoms with Gasteiger partial charge in [0.05, 0.1) is 46.4 Å². The average Bonchev–Trinajstić information content (AvgIpc) is 1.57. The molecule has 147 heavy (non-hydrogen) atoms. The second-order valence-electron chi connectivity index (χ2n) is 46.6. The quantitative estimate of drug-likeness (QED) is 0.0282. The van der Waals surface area contributed by atoms with Crippen LogP contribution in [-0.2, 0) is 40.2 Å². The molecule has 6 heteroatoms. The normalized spacial score (nSPS) is 13.8. The average molecular weight is 1950 g/mol. The van der Waals surface area contributed by atoms with Crippen molar-refractivity contribution >= 4 is 86.7 Å². The summed E-state index contributed by atoms with van der Waals surface area (Å²) in [6, 6.07) is 105. The van der Waals surface area contributed by atoms with E-state index < -0.39 is 5.41 Å². The number of aromatic nitrogens is 4. The number of imidazole rings is 2. The number of unbranched alkanes of at least 4 members (excludes halogenated alkanes) is 14. The fourth-order valence-electron chi connectivity index (χ4n) is 25.4. The van der Waals surface area contributed by atoms with Crippen LogP contribution in [0.5, 0.6) is 11.5 Å². The predicted molar refractivity (Wildman–Crippen MR) is 636 cm³/mol. The Kier molecular flexibility index (Phi) is 33.4. The molecule has 0 fully saturated rings. The molecule has 18 rings (SSSR count). The third kappa shape index (κ3) is 21.2. The zero-order valence-electron chi connectivity index (χ0n) is 92.9. The summed E-state index contributed by atoms with van der Waals surface area (Å²) >= 11 is 0. The lowest BCUT2D eigenvalue weighted by Crippen LogP contribution is -2.40. The van der Waals surface area contributed by atoms with Gasteiger partial charge in [0.1, 0.15) is 23.1 Å². The highest BCUT2D eigenvalue weighted by Crippen LogP contribution is 2.59. The number of fused-ring (bicyclic) bond motifs is 17. The molecule has 1 aliphatic rings. The molecule has 17 aromatic rings. The van der Waals surface area contributed by atoms with Crippen molar-refractivity contribution in [2.45, 2.75) is 357 Å². The van der Waals surface area contributed by atoms with E-state index in [1.807, 2.05) is 0 Å². The third-order valence-electron chi connectivity index (χ3n) is 36.1. The Balaban J connectivity index is 0.815. The second kappa shape index (κ2) is 46.7. The lowest BCUT2D eigenvalue weighted by atomic mass is 9.60. The molecular weight excluding hydrogens is 1780 g/mol. The van der Waals surface area contributed by atoms with E-state index >= 15 is 0 Å². The molecule has 6 nitrogen and oxygen atoms in total. The Morgan fingerprint density at radius 2 is 0.612 bits per heavy atom. The topological polar surface area (TPSA) is 54.1 Å². The zero-order chi connectivity index (χ0) is 103. The largest absolute Gasteiger partial charge is 0.493 e. The highest BCUT2D eigenvalue weighted by molar-refractivity contribution is 6.26. The van der Waals surface area contributed by atoms with Crippen LogP contribution in [0.15, 0.2) is 267 Å². The maximum atomic E-state index is 7.37. The van der Waals surface area contributed by atoms with Crippen molar-refractivity contribution < 1.29 is 9.47 Å². The Hall–Kier alpha value is -11.6. The molecule has 0 spiro atoms. The number of hydrogen-bond donors (Lipinski definition) is 0. The van der Waals surface area contributed by atoms with Gasteiger partial charge in [-0.25, -0.2) is 9.97 Å². The van der Waals surface area contributed by atoms with Gasteiger partial charge in [0.15, 0.2) is 0 Å². The van der Waals surface area contributed by atoms with Gasteiger partial charge in [0.2, 0.25) is 0 Å². The summed E-state index contributed by atoms with van der Waals surface area (Å²) in [7, 11) is 0. The Morgan fingerprint density at radius 1 is 0.272 bits per heavy atom. The van der Waals surface area contributed by atoms with Crippen LogP contribution in [0.3, 0.4) is 0 Å². The molecule has 0 radical (unpaired) electrons. The third-order valence-corrected chi connectivity index (χ3v) is 36.1. The lowest BCUT2D eigenvalue weighted by Gasteiger charge is -2.44. The van der Waals surface area contributed by atoms with Crippen LogP contribution in [0.2, 0.25) is 0 Å². The van der Waals surface area contributed by atoms with E-state index in [0.29, 0.717) is 36.9 Å². The van der Waals surface area contributed by atoms with E-state index in [4.69, 9.17) is 19.4 Å². The van der Waals surface area contributed by atoms with Gasteiger partial charge in [-0.1, -0.05) is 503 Å². The summed E-state index contributed by atoms with van der Waals surface area (Å²) in [6.07, 6.45) is 35.6. The Morgan fingerprint density at radius 3 is 1.07 bits per heavy atom. The number of benzene rings is 15. The van der Waals surface area contributed by atoms with Crippen LogP contribution in [-0.4, -0.2) is 32.3 Å². The van der Waals surface area contributed by atoms with Crippen LogP contribution >= 0.6 is 0 Å². The highest BCUT2D eigenvalue weighted by atomic mass is 16.5. The molecule has 0 amide bonds. The smallest absolute Gasteiger partial charge is 0.145 e. The molecule has 2 aromatic heterocycles. The molecule has 766 valence electrons. The van der Waals surface area contributed by atoms with Gasteiger partial charge in [-0.3, -0.25) is 0 Å². The van der Waals surface area contributed by atoms with Crippen molar-refractivity contribution in [2.24, 2.45) is 23.7 Å². The van der Waals surface area contributed by atoms with Crippen molar-refractivity contribution in [3.8, 4) is 67.7 Å². The maximum absolute atomic E-state index is 7.37. The monoisotopic (exact) mass is 1950 g/mol. The van der Waals surface area contributed by atoms with Crippen LogP contribution in [0, 0.1) is 23.7 Å². The van der Waals surface area contributed by atoms with Gasteiger partial charge in [0.25, 0.3) is 0 Å². The SMILES string of the molecule is CCCCCCCCC1(CCCCCCCC)c2cc(-c3ccc4c5ccc(C(C)(C)c6ccccc6)cc5c5c(nc(-c6c(OCC(CC)CCCC)ccc7ccccc67)n5CC(CC)CCCC)c4c3)ccc2-c2ccc(C(C)(C)C(C)(C)c3ccc4c5ccc(-c6ccc(C(C)(C)c7ccccc7)cc6)cc5c5nc(-c6c(OCC(CC)CCCC)ccc7ccccc67)n(CC(CC)CCCC)c5c4c3)cc21. The predicted octanol–water partition coefficient (Wildman–Crippen LogP) is 41.3. The lowest BCUT2D eigenvalue weighted by molar-refractivity contribution is 0.234. The molecule has 15 aromatic carbocycles. The standard InChI is InChI=1S/C141H170N4O2/c1-19-29-35-37-39-51-85-141(86-52-40-38-36-30-20-2)125-89-106(105-68-78-116-117-80-74-110(138(13,14)108-61-45-42-46-62-108)90-123(117)133-132(122(116)88-105)143-135(144(133)93-97(25-7)53-31-21-3)129-113-63-49-47-57-102(113)70-83-127(129)146-95-99(27-9)55-33-23-5)69-79-119(125)120-82-76-112(92-126(120)141)140(17,18)139(15,16)111-75-81-118-115-77-67-104(101-65-72-109(73-66-101)137(11,12)107-59-43-41-44-60-107)87-121(115)131-134(124(118)91-111)145(94-98(26-8)54-32-22-4)136(142-131)130-114-64-50-48-58-103(114)71-84-128(130)147-96-100(28-10)56-34-24-6/h41-50,57-84,87-92,97-100H,19-40,51-56,85-86,93-96H2,1-18H3. The zero-order valence-corrected chi connectivity index (χ0v) is 92.9. The molecule has 0 N–H and O–H groups in total. The molecule has 0 aliphatic heterocycles. The molecule has 0 bridgehead atoms. The van der Waals surface area contributed by atoms with E-state index in [2.05, 4.69) is 401 Å². The molecule has 4 atom stereocenters. The van der Waals surface area contributed by atoms with Crippen LogP contribution in [0.25, 0.3) is 143 Å². The fraction of sp³-hybridized carbons (Fsp3) is 0.433. The minimum absolute atomic E-state index is 0.168. The first-order chi connectivity index (χ1) is 71.5. The first kappa shape index (κ1) is 105. The number of rotatable bonds is 51. The first-order valence-electron chi connectivity index (χ1n) is 58.1. The van der Waals surface area contributed by atoms with Crippen LogP contribution in [0.4, 0.5) is 0 Å². The molecular formula is C141H170N4O2.